The molecule has 8 N–H and O–H groups in total. The Morgan fingerprint density at radius 2 is 1.42 bits per heavy atom. The summed E-state index contributed by atoms with van der Waals surface area (Å²) in [5.74, 6) is -2.87. The molecule has 0 saturated carbocycles. The van der Waals surface area contributed by atoms with Crippen LogP contribution in [0.1, 0.15) is 73.6 Å². The van der Waals surface area contributed by atoms with E-state index in [9.17, 15) is 24.3 Å². The normalized spacial score (nSPS) is 15.9. The fourth-order valence-electron chi connectivity index (χ4n) is 3.24. The Morgan fingerprint density at radius 3 is 1.88 bits per heavy atom. The van der Waals surface area contributed by atoms with E-state index in [-0.39, 0.29) is 24.2 Å². The Bertz CT molecular complexity index is 641. The zero-order valence-electron chi connectivity index (χ0n) is 21.0. The van der Waals surface area contributed by atoms with Crippen molar-refractivity contribution in [1.29, 1.82) is 0 Å². The zero-order chi connectivity index (χ0) is 25.7. The number of carbonyl (C=O) groups excluding carboxylic acids is 3. The molecule has 0 aromatic carbocycles. The quantitative estimate of drug-likeness (QED) is 0.180. The highest BCUT2D eigenvalue weighted by Gasteiger charge is 2.32. The largest absolute Gasteiger partial charge is 0.480 e. The van der Waals surface area contributed by atoms with Crippen LogP contribution in [0.25, 0.3) is 0 Å². The maximum absolute atomic E-state index is 13.1. The molecule has 10 heteroatoms. The third-order valence-corrected chi connectivity index (χ3v) is 5.72. The Hall–Kier alpha value is -2.20. The topological polar surface area (TPSA) is 177 Å². The first-order chi connectivity index (χ1) is 15.3. The maximum atomic E-state index is 13.1. The molecule has 0 aliphatic rings. The van der Waals surface area contributed by atoms with Crippen molar-refractivity contribution < 1.29 is 24.3 Å². The van der Waals surface area contributed by atoms with E-state index in [1.807, 2.05) is 41.5 Å². The SMILES string of the molecule is CCC(C)C(NC(=O)C(N)C(C)C)C(=O)NC(CCCCN)C(=O)NC(CC(C)C)C(=O)O. The first-order valence-corrected chi connectivity index (χ1v) is 11.9. The van der Waals surface area contributed by atoms with Crippen LogP contribution in [0.5, 0.6) is 0 Å². The molecule has 0 spiro atoms. The summed E-state index contributed by atoms with van der Waals surface area (Å²) < 4.78 is 0. The molecule has 0 rings (SSSR count). The lowest BCUT2D eigenvalue weighted by Gasteiger charge is -2.28. The predicted molar refractivity (Wildman–Crippen MR) is 128 cm³/mol. The highest BCUT2D eigenvalue weighted by atomic mass is 16.4. The third-order valence-electron chi connectivity index (χ3n) is 5.72. The van der Waals surface area contributed by atoms with Gasteiger partial charge in [-0.05, 0) is 50.0 Å². The number of carboxylic acids is 1. The average molecular weight is 472 g/mol. The molecule has 192 valence electrons. The van der Waals surface area contributed by atoms with Gasteiger partial charge in [-0.2, -0.15) is 0 Å². The van der Waals surface area contributed by atoms with Gasteiger partial charge in [-0.3, -0.25) is 14.4 Å². The van der Waals surface area contributed by atoms with Crippen LogP contribution in [0.15, 0.2) is 0 Å². The van der Waals surface area contributed by atoms with E-state index in [1.165, 1.54) is 0 Å². The summed E-state index contributed by atoms with van der Waals surface area (Å²) >= 11 is 0. The summed E-state index contributed by atoms with van der Waals surface area (Å²) in [7, 11) is 0. The van der Waals surface area contributed by atoms with Crippen LogP contribution >= 0.6 is 0 Å². The molecule has 0 saturated heterocycles. The van der Waals surface area contributed by atoms with Crippen LogP contribution in [0.4, 0.5) is 0 Å². The monoisotopic (exact) mass is 471 g/mol. The first kappa shape index (κ1) is 30.8. The van der Waals surface area contributed by atoms with Crippen molar-refractivity contribution in [2.24, 2.45) is 29.2 Å². The van der Waals surface area contributed by atoms with Crippen molar-refractivity contribution >= 4 is 23.7 Å². The van der Waals surface area contributed by atoms with Crippen molar-refractivity contribution in [2.75, 3.05) is 6.54 Å². The van der Waals surface area contributed by atoms with Gasteiger partial charge in [0.1, 0.15) is 18.1 Å². The van der Waals surface area contributed by atoms with Crippen LogP contribution in [0.3, 0.4) is 0 Å². The summed E-state index contributed by atoms with van der Waals surface area (Å²) in [6.07, 6.45) is 2.42. The molecule has 0 aliphatic heterocycles. The van der Waals surface area contributed by atoms with Gasteiger partial charge in [0.25, 0.3) is 0 Å². The fraction of sp³-hybridized carbons (Fsp3) is 0.826. The minimum absolute atomic E-state index is 0.0619. The molecule has 0 heterocycles. The molecular weight excluding hydrogens is 426 g/mol. The minimum Gasteiger partial charge on any atom is -0.480 e. The van der Waals surface area contributed by atoms with E-state index in [4.69, 9.17) is 11.5 Å². The first-order valence-electron chi connectivity index (χ1n) is 11.9. The van der Waals surface area contributed by atoms with Crippen molar-refractivity contribution in [2.45, 2.75) is 97.8 Å². The fourth-order valence-corrected chi connectivity index (χ4v) is 3.24. The van der Waals surface area contributed by atoms with E-state index >= 15 is 0 Å². The summed E-state index contributed by atoms with van der Waals surface area (Å²) in [4.78, 5) is 50.1. The average Bonchev–Trinajstić information content (AvgIpc) is 2.74. The van der Waals surface area contributed by atoms with E-state index in [2.05, 4.69) is 16.0 Å². The standard InChI is InChI=1S/C23H45N5O5/c1-7-15(6)19(28-21(30)18(25)14(4)5)22(31)26-16(10-8-9-11-24)20(29)27-17(23(32)33)12-13(2)3/h13-19H,7-12,24-25H2,1-6H3,(H,26,31)(H,27,29)(H,28,30)(H,32,33). The van der Waals surface area contributed by atoms with Crippen molar-refractivity contribution in [3.05, 3.63) is 0 Å². The maximum Gasteiger partial charge on any atom is 0.326 e. The molecule has 3 amide bonds. The molecule has 5 unspecified atom stereocenters. The lowest BCUT2D eigenvalue weighted by atomic mass is 9.96. The van der Waals surface area contributed by atoms with E-state index in [1.54, 1.807) is 0 Å². The number of hydrogen-bond donors (Lipinski definition) is 6. The lowest BCUT2D eigenvalue weighted by Crippen LogP contribution is -2.59. The molecule has 0 aliphatic carbocycles. The number of unbranched alkanes of at least 4 members (excludes halogenated alkanes) is 1. The van der Waals surface area contributed by atoms with Gasteiger partial charge in [-0.1, -0.05) is 48.0 Å². The third kappa shape index (κ3) is 11.5. The minimum atomic E-state index is -1.13. The number of amides is 3. The van der Waals surface area contributed by atoms with E-state index < -0.39 is 47.9 Å². The van der Waals surface area contributed by atoms with Gasteiger partial charge in [0, 0.05) is 0 Å². The van der Waals surface area contributed by atoms with Gasteiger partial charge in [0.2, 0.25) is 17.7 Å². The van der Waals surface area contributed by atoms with Crippen LogP contribution < -0.4 is 27.4 Å². The second kappa shape index (κ2) is 15.6. The smallest absolute Gasteiger partial charge is 0.326 e. The van der Waals surface area contributed by atoms with Gasteiger partial charge in [0.05, 0.1) is 6.04 Å². The van der Waals surface area contributed by atoms with Gasteiger partial charge < -0.3 is 32.5 Å². The summed E-state index contributed by atoms with van der Waals surface area (Å²) in [5, 5.41) is 17.4. The summed E-state index contributed by atoms with van der Waals surface area (Å²) in [5.41, 5.74) is 11.5. The zero-order valence-corrected chi connectivity index (χ0v) is 21.0. The Kier molecular flexibility index (Phi) is 14.6. The van der Waals surface area contributed by atoms with Crippen LogP contribution in [-0.4, -0.2) is 59.5 Å². The molecule has 33 heavy (non-hydrogen) atoms. The Balaban J connectivity index is 5.57. The van der Waals surface area contributed by atoms with Gasteiger partial charge in [-0.25, -0.2) is 4.79 Å². The number of hydrogen-bond acceptors (Lipinski definition) is 6. The van der Waals surface area contributed by atoms with Gasteiger partial charge in [0.15, 0.2) is 0 Å². The van der Waals surface area contributed by atoms with E-state index in [0.29, 0.717) is 32.2 Å². The van der Waals surface area contributed by atoms with Crippen LogP contribution in [-0.2, 0) is 19.2 Å². The second-order valence-corrected chi connectivity index (χ2v) is 9.52. The molecule has 0 aromatic rings. The Morgan fingerprint density at radius 1 is 0.848 bits per heavy atom. The number of aliphatic carboxylic acids is 1. The van der Waals surface area contributed by atoms with Gasteiger partial charge in [-0.15, -0.1) is 0 Å². The molecule has 0 aromatic heterocycles. The molecule has 0 radical (unpaired) electrons. The molecule has 5 atom stereocenters. The highest BCUT2D eigenvalue weighted by Crippen LogP contribution is 2.12. The van der Waals surface area contributed by atoms with Crippen LogP contribution in [0.2, 0.25) is 0 Å². The van der Waals surface area contributed by atoms with Gasteiger partial charge >= 0.3 is 5.97 Å². The number of carboxylic acid groups (broad SMARTS) is 1. The van der Waals surface area contributed by atoms with Crippen molar-refractivity contribution in [1.82, 2.24) is 16.0 Å². The summed E-state index contributed by atoms with van der Waals surface area (Å²) in [6.45, 7) is 11.5. The number of rotatable bonds is 16. The highest BCUT2D eigenvalue weighted by molar-refractivity contribution is 5.94. The van der Waals surface area contributed by atoms with Crippen molar-refractivity contribution in [3.63, 3.8) is 0 Å². The van der Waals surface area contributed by atoms with E-state index in [0.717, 1.165) is 0 Å². The number of carbonyl (C=O) groups is 4. The van der Waals surface area contributed by atoms with Crippen LogP contribution in [0, 0.1) is 17.8 Å². The van der Waals surface area contributed by atoms with Crippen molar-refractivity contribution in [3.8, 4) is 0 Å². The molecule has 0 fully saturated rings. The lowest BCUT2D eigenvalue weighted by molar-refractivity contribution is -0.143. The number of nitrogens with two attached hydrogens (primary N) is 2. The summed E-state index contributed by atoms with van der Waals surface area (Å²) in [6, 6.07) is -3.63. The predicted octanol–water partition coefficient (Wildman–Crippen LogP) is 0.730. The Labute approximate surface area is 198 Å². The second-order valence-electron chi connectivity index (χ2n) is 9.52. The number of nitrogens with one attached hydrogen (secondary N) is 3. The molecule has 0 bridgehead atoms. The molecule has 10 nitrogen and oxygen atoms in total. The molecular formula is C23H45N5O5.